The van der Waals surface area contributed by atoms with Gasteiger partial charge < -0.3 is 10.2 Å². The molecule has 1 amide bonds. The van der Waals surface area contributed by atoms with E-state index in [0.29, 0.717) is 24.7 Å². The second kappa shape index (κ2) is 5.11. The number of carbonyl (C=O) groups is 2. The molecule has 1 fully saturated rings. The number of nitrogens with zero attached hydrogens (tertiary/aromatic N) is 1. The summed E-state index contributed by atoms with van der Waals surface area (Å²) >= 11 is 0. The highest BCUT2D eigenvalue weighted by Crippen LogP contribution is 2.33. The Bertz CT molecular complexity index is 644. The fourth-order valence-electron chi connectivity index (χ4n) is 2.80. The molecular formula is C17H20N2O2. The minimum absolute atomic E-state index is 0.398. The van der Waals surface area contributed by atoms with E-state index in [0.717, 1.165) is 22.4 Å². The number of amides is 1. The fourth-order valence-corrected chi connectivity index (χ4v) is 2.80. The molecule has 1 aromatic carbocycles. The smallest absolute Gasteiger partial charge is 0.299 e. The van der Waals surface area contributed by atoms with Gasteiger partial charge in [-0.3, -0.25) is 9.59 Å². The average molecular weight is 284 g/mol. The van der Waals surface area contributed by atoms with Crippen molar-refractivity contribution >= 4 is 17.4 Å². The van der Waals surface area contributed by atoms with Gasteiger partial charge in [-0.05, 0) is 49.5 Å². The number of fused-ring (bicyclic) bond motifs is 1. The lowest BCUT2D eigenvalue weighted by Gasteiger charge is -2.19. The predicted molar refractivity (Wildman–Crippen MR) is 82.8 cm³/mol. The Balaban J connectivity index is 1.81. The summed E-state index contributed by atoms with van der Waals surface area (Å²) in [5.74, 6) is -0.836. The van der Waals surface area contributed by atoms with Crippen LogP contribution in [0.5, 0.6) is 0 Å². The van der Waals surface area contributed by atoms with Crippen LogP contribution in [0.4, 0.5) is 5.69 Å². The Morgan fingerprint density at radius 2 is 2.05 bits per heavy atom. The van der Waals surface area contributed by atoms with Crippen molar-refractivity contribution in [2.24, 2.45) is 0 Å². The van der Waals surface area contributed by atoms with Crippen molar-refractivity contribution in [1.29, 1.82) is 0 Å². The first-order chi connectivity index (χ1) is 9.97. The Labute approximate surface area is 124 Å². The zero-order valence-corrected chi connectivity index (χ0v) is 12.5. The number of carbonyl (C=O) groups excluding carboxylic acids is 2. The summed E-state index contributed by atoms with van der Waals surface area (Å²) in [4.78, 5) is 26.0. The molecule has 0 unspecified atom stereocenters. The third kappa shape index (κ3) is 2.63. The molecule has 0 atom stereocenters. The summed E-state index contributed by atoms with van der Waals surface area (Å²) in [7, 11) is 0. The van der Waals surface area contributed by atoms with Crippen molar-refractivity contribution in [3.05, 3.63) is 41.0 Å². The number of hydrogen-bond acceptors (Lipinski definition) is 3. The molecule has 0 spiro atoms. The van der Waals surface area contributed by atoms with Crippen LogP contribution in [-0.4, -0.2) is 30.8 Å². The van der Waals surface area contributed by atoms with E-state index >= 15 is 0 Å². The van der Waals surface area contributed by atoms with E-state index in [2.05, 4.69) is 11.9 Å². The Morgan fingerprint density at radius 3 is 2.71 bits per heavy atom. The van der Waals surface area contributed by atoms with Crippen LogP contribution >= 0.6 is 0 Å². The van der Waals surface area contributed by atoms with Crippen molar-refractivity contribution in [2.75, 3.05) is 18.0 Å². The first-order valence-corrected chi connectivity index (χ1v) is 7.35. The maximum absolute atomic E-state index is 12.2. The number of anilines is 1. The molecule has 1 aliphatic carbocycles. The van der Waals surface area contributed by atoms with Crippen LogP contribution in [0.2, 0.25) is 0 Å². The first-order valence-electron chi connectivity index (χ1n) is 7.35. The minimum atomic E-state index is -0.439. The van der Waals surface area contributed by atoms with E-state index in [1.54, 1.807) is 4.90 Å². The van der Waals surface area contributed by atoms with Gasteiger partial charge in [-0.15, -0.1) is 0 Å². The normalized spacial score (nSPS) is 17.3. The standard InChI is InChI=1S/C17H20N2O2/c1-10-6-12(3)15-14(7-10)19(17(21)16(15)20)9-11(2)8-18-13-4-5-13/h6-7,13,18H,2,4-5,8-9H2,1,3H3. The predicted octanol–water partition coefficient (Wildman–Crippen LogP) is 2.14. The Kier molecular flexibility index (Phi) is 3.41. The average Bonchev–Trinajstić information content (AvgIpc) is 3.21. The second-order valence-corrected chi connectivity index (χ2v) is 6.10. The summed E-state index contributed by atoms with van der Waals surface area (Å²) in [5.41, 5.74) is 4.13. The highest BCUT2D eigenvalue weighted by molar-refractivity contribution is 6.52. The molecule has 1 heterocycles. The highest BCUT2D eigenvalue weighted by atomic mass is 16.2. The number of hydrogen-bond donors (Lipinski definition) is 1. The van der Waals surface area contributed by atoms with Crippen LogP contribution < -0.4 is 10.2 Å². The first kappa shape index (κ1) is 14.0. The molecule has 1 aliphatic heterocycles. The zero-order valence-electron chi connectivity index (χ0n) is 12.5. The number of nitrogens with one attached hydrogen (secondary N) is 1. The number of ketones is 1. The van der Waals surface area contributed by atoms with Crippen molar-refractivity contribution in [1.82, 2.24) is 5.32 Å². The molecule has 110 valence electrons. The van der Waals surface area contributed by atoms with Gasteiger partial charge in [0.15, 0.2) is 0 Å². The number of Topliss-reactive ketones (excluding diaryl/α,β-unsaturated/α-hetero) is 1. The molecule has 0 radical (unpaired) electrons. The molecule has 21 heavy (non-hydrogen) atoms. The minimum Gasteiger partial charge on any atom is -0.310 e. The van der Waals surface area contributed by atoms with Crippen molar-refractivity contribution in [3.8, 4) is 0 Å². The number of benzene rings is 1. The van der Waals surface area contributed by atoms with E-state index < -0.39 is 11.7 Å². The summed E-state index contributed by atoms with van der Waals surface area (Å²) in [6.45, 7) is 8.98. The third-order valence-electron chi connectivity index (χ3n) is 4.02. The molecule has 4 nitrogen and oxygen atoms in total. The monoisotopic (exact) mass is 284 g/mol. The van der Waals surface area contributed by atoms with E-state index in [-0.39, 0.29) is 0 Å². The van der Waals surface area contributed by atoms with Gasteiger partial charge in [0.1, 0.15) is 0 Å². The van der Waals surface area contributed by atoms with Gasteiger partial charge in [-0.25, -0.2) is 0 Å². The summed E-state index contributed by atoms with van der Waals surface area (Å²) in [6, 6.07) is 4.46. The molecule has 1 aromatic rings. The number of rotatable bonds is 5. The van der Waals surface area contributed by atoms with Crippen molar-refractivity contribution < 1.29 is 9.59 Å². The summed E-state index contributed by atoms with van der Waals surface area (Å²) in [6.07, 6.45) is 2.44. The lowest BCUT2D eigenvalue weighted by molar-refractivity contribution is -0.114. The van der Waals surface area contributed by atoms with Crippen molar-refractivity contribution in [2.45, 2.75) is 32.7 Å². The second-order valence-electron chi connectivity index (χ2n) is 6.10. The molecule has 0 aromatic heterocycles. The molecule has 4 heteroatoms. The van der Waals surface area contributed by atoms with Gasteiger partial charge in [-0.2, -0.15) is 0 Å². The van der Waals surface area contributed by atoms with Crippen LogP contribution in [0, 0.1) is 13.8 Å². The molecule has 1 saturated carbocycles. The van der Waals surface area contributed by atoms with Crippen LogP contribution in [-0.2, 0) is 4.79 Å². The van der Waals surface area contributed by atoms with Crippen LogP contribution in [0.15, 0.2) is 24.3 Å². The molecule has 0 bridgehead atoms. The Morgan fingerprint density at radius 1 is 1.33 bits per heavy atom. The number of aryl methyl sites for hydroxylation is 2. The van der Waals surface area contributed by atoms with E-state index in [4.69, 9.17) is 0 Å². The topological polar surface area (TPSA) is 49.4 Å². The molecule has 3 rings (SSSR count). The van der Waals surface area contributed by atoms with Gasteiger partial charge >= 0.3 is 0 Å². The lowest BCUT2D eigenvalue weighted by atomic mass is 10.0. The third-order valence-corrected chi connectivity index (χ3v) is 4.02. The maximum Gasteiger partial charge on any atom is 0.299 e. The van der Waals surface area contributed by atoms with Gasteiger partial charge in [-0.1, -0.05) is 12.6 Å². The molecular weight excluding hydrogens is 264 g/mol. The maximum atomic E-state index is 12.2. The zero-order chi connectivity index (χ0) is 15.1. The van der Waals surface area contributed by atoms with E-state index in [1.165, 1.54) is 12.8 Å². The van der Waals surface area contributed by atoms with Gasteiger partial charge in [0.05, 0.1) is 11.3 Å². The van der Waals surface area contributed by atoms with Gasteiger partial charge in [0.25, 0.3) is 11.7 Å². The summed E-state index contributed by atoms with van der Waals surface area (Å²) in [5, 5.41) is 3.38. The van der Waals surface area contributed by atoms with Crippen LogP contribution in [0.25, 0.3) is 0 Å². The van der Waals surface area contributed by atoms with E-state index in [1.807, 2.05) is 26.0 Å². The van der Waals surface area contributed by atoms with Gasteiger partial charge in [0, 0.05) is 19.1 Å². The van der Waals surface area contributed by atoms with Crippen LogP contribution in [0.1, 0.15) is 34.3 Å². The molecule has 1 N–H and O–H groups in total. The SMILES string of the molecule is C=C(CNC1CC1)CN1C(=O)C(=O)c2c(C)cc(C)cc21. The molecule has 0 saturated heterocycles. The van der Waals surface area contributed by atoms with Crippen LogP contribution in [0.3, 0.4) is 0 Å². The lowest BCUT2D eigenvalue weighted by Crippen LogP contribution is -2.34. The van der Waals surface area contributed by atoms with Gasteiger partial charge in [0.2, 0.25) is 0 Å². The van der Waals surface area contributed by atoms with E-state index in [9.17, 15) is 9.59 Å². The highest BCUT2D eigenvalue weighted by Gasteiger charge is 2.37. The largest absolute Gasteiger partial charge is 0.310 e. The summed E-state index contributed by atoms with van der Waals surface area (Å²) < 4.78 is 0. The van der Waals surface area contributed by atoms with Crippen molar-refractivity contribution in [3.63, 3.8) is 0 Å². The fraction of sp³-hybridized carbons (Fsp3) is 0.412. The Hall–Kier alpha value is -1.94. The molecule has 2 aliphatic rings. The quantitative estimate of drug-likeness (QED) is 0.666.